The highest BCUT2D eigenvalue weighted by Crippen LogP contribution is 2.12. The van der Waals surface area contributed by atoms with Crippen LogP contribution in [0.15, 0.2) is 41.7 Å². The molecule has 1 aromatic heterocycles. The molecule has 1 fully saturated rings. The van der Waals surface area contributed by atoms with E-state index in [2.05, 4.69) is 62.7 Å². The molecule has 152 valence electrons. The van der Waals surface area contributed by atoms with Gasteiger partial charge in [0.25, 0.3) is 0 Å². The Kier molecular flexibility index (Phi) is 8.30. The topological polar surface area (TPSA) is 76.4 Å². The fraction of sp³-hybridized carbons (Fsp3) is 0.571. The first-order valence-electron chi connectivity index (χ1n) is 10.4. The maximum atomic E-state index is 5.47. The summed E-state index contributed by atoms with van der Waals surface area (Å²) in [5.74, 6) is 2.43. The minimum atomic E-state index is 0.535. The van der Waals surface area contributed by atoms with E-state index in [0.29, 0.717) is 5.92 Å². The zero-order valence-electron chi connectivity index (χ0n) is 16.8. The first-order chi connectivity index (χ1) is 13.8. The van der Waals surface area contributed by atoms with Crippen LogP contribution in [0.2, 0.25) is 0 Å². The van der Waals surface area contributed by atoms with Crippen molar-refractivity contribution in [3.8, 4) is 0 Å². The van der Waals surface area contributed by atoms with Crippen LogP contribution in [0.1, 0.15) is 31.2 Å². The number of hydrogen-bond donors (Lipinski definition) is 2. The van der Waals surface area contributed by atoms with Crippen LogP contribution in [-0.4, -0.2) is 53.6 Å². The molecule has 7 nitrogen and oxygen atoms in total. The normalized spacial score (nSPS) is 17.0. The number of nitrogens with zero attached hydrogens (tertiary/aromatic N) is 4. The summed E-state index contributed by atoms with van der Waals surface area (Å²) in [6.45, 7) is 7.10. The van der Waals surface area contributed by atoms with Crippen molar-refractivity contribution in [1.29, 1.82) is 0 Å². The molecule has 2 N–H and O–H groups in total. The Balaban J connectivity index is 1.45. The summed E-state index contributed by atoms with van der Waals surface area (Å²) < 4.78 is 7.55. The third-order valence-corrected chi connectivity index (χ3v) is 4.97. The smallest absolute Gasteiger partial charge is 0.191 e. The molecule has 1 aromatic carbocycles. The van der Waals surface area contributed by atoms with Crippen molar-refractivity contribution in [1.82, 2.24) is 25.4 Å². The Morgan fingerprint density at radius 3 is 2.89 bits per heavy atom. The Morgan fingerprint density at radius 2 is 2.11 bits per heavy atom. The van der Waals surface area contributed by atoms with Crippen LogP contribution in [0.25, 0.3) is 0 Å². The quantitative estimate of drug-likeness (QED) is 0.372. The Bertz CT molecular complexity index is 709. The van der Waals surface area contributed by atoms with E-state index in [1.165, 1.54) is 5.56 Å². The van der Waals surface area contributed by atoms with Crippen LogP contribution in [0.3, 0.4) is 0 Å². The number of guanidine groups is 1. The van der Waals surface area contributed by atoms with E-state index in [0.717, 1.165) is 76.9 Å². The first kappa shape index (κ1) is 20.3. The summed E-state index contributed by atoms with van der Waals surface area (Å²) >= 11 is 0. The van der Waals surface area contributed by atoms with E-state index in [9.17, 15) is 0 Å². The number of ether oxygens (including phenoxy) is 1. The average molecular weight is 385 g/mol. The van der Waals surface area contributed by atoms with Crippen LogP contribution in [0.5, 0.6) is 0 Å². The van der Waals surface area contributed by atoms with Gasteiger partial charge in [-0.1, -0.05) is 37.3 Å². The molecule has 1 unspecified atom stereocenters. The molecule has 3 rings (SSSR count). The van der Waals surface area contributed by atoms with Gasteiger partial charge < -0.3 is 19.9 Å². The van der Waals surface area contributed by atoms with Gasteiger partial charge >= 0.3 is 0 Å². The highest BCUT2D eigenvalue weighted by molar-refractivity contribution is 5.79. The Morgan fingerprint density at radius 1 is 1.25 bits per heavy atom. The van der Waals surface area contributed by atoms with Gasteiger partial charge in [-0.05, 0) is 24.8 Å². The minimum absolute atomic E-state index is 0.535. The van der Waals surface area contributed by atoms with Crippen molar-refractivity contribution < 1.29 is 4.74 Å². The molecule has 0 saturated carbocycles. The summed E-state index contributed by atoms with van der Waals surface area (Å²) in [5, 5.41) is 15.1. The molecule has 1 aliphatic rings. The monoisotopic (exact) mass is 384 g/mol. The summed E-state index contributed by atoms with van der Waals surface area (Å²) in [7, 11) is 0. The van der Waals surface area contributed by atoms with Gasteiger partial charge in [0, 0.05) is 45.1 Å². The summed E-state index contributed by atoms with van der Waals surface area (Å²) in [6, 6.07) is 10.6. The third kappa shape index (κ3) is 6.64. The van der Waals surface area contributed by atoms with E-state index < -0.39 is 0 Å². The van der Waals surface area contributed by atoms with E-state index >= 15 is 0 Å². The lowest BCUT2D eigenvalue weighted by atomic mass is 10.1. The predicted molar refractivity (Wildman–Crippen MR) is 111 cm³/mol. The summed E-state index contributed by atoms with van der Waals surface area (Å²) in [4.78, 5) is 4.79. The van der Waals surface area contributed by atoms with Crippen molar-refractivity contribution in [2.45, 2.75) is 39.2 Å². The van der Waals surface area contributed by atoms with Gasteiger partial charge in [-0.25, -0.2) is 0 Å². The molecule has 2 heterocycles. The maximum Gasteiger partial charge on any atom is 0.191 e. The number of rotatable bonds is 10. The van der Waals surface area contributed by atoms with Crippen molar-refractivity contribution in [3.63, 3.8) is 0 Å². The standard InChI is InChI=1S/C21H32N6O/c1-2-20-26-25-17-27(20)13-12-23-21(24-15-19-10-14-28-16-19)22-11-6-9-18-7-4-3-5-8-18/h3-5,7-8,17,19H,2,6,9-16H2,1H3,(H2,22,23,24). The lowest BCUT2D eigenvalue weighted by molar-refractivity contribution is 0.187. The van der Waals surface area contributed by atoms with Gasteiger partial charge in [-0.3, -0.25) is 4.99 Å². The van der Waals surface area contributed by atoms with Crippen LogP contribution in [-0.2, 0) is 24.1 Å². The molecule has 0 aliphatic carbocycles. The fourth-order valence-electron chi connectivity index (χ4n) is 3.30. The molecule has 0 bridgehead atoms. The molecule has 1 saturated heterocycles. The number of aliphatic imine (C=N–C) groups is 1. The summed E-state index contributed by atoms with van der Waals surface area (Å²) in [5.41, 5.74) is 1.37. The Labute approximate surface area is 167 Å². The lowest BCUT2D eigenvalue weighted by Gasteiger charge is -2.14. The molecule has 7 heteroatoms. The van der Waals surface area contributed by atoms with Crippen LogP contribution in [0.4, 0.5) is 0 Å². The SMILES string of the molecule is CCc1nncn1CCNC(=NCC1CCOC1)NCCCc1ccccc1. The number of benzene rings is 1. The number of aryl methyl sites for hydroxylation is 2. The molecule has 1 atom stereocenters. The lowest BCUT2D eigenvalue weighted by Crippen LogP contribution is -2.40. The molecule has 28 heavy (non-hydrogen) atoms. The molecule has 0 amide bonds. The average Bonchev–Trinajstić information content (AvgIpc) is 3.41. The maximum absolute atomic E-state index is 5.47. The van der Waals surface area contributed by atoms with Crippen LogP contribution in [0, 0.1) is 5.92 Å². The van der Waals surface area contributed by atoms with Gasteiger partial charge in [0.2, 0.25) is 0 Å². The number of hydrogen-bond acceptors (Lipinski definition) is 4. The molecular formula is C21H32N6O. The minimum Gasteiger partial charge on any atom is -0.381 e. The van der Waals surface area contributed by atoms with Crippen molar-refractivity contribution in [2.75, 3.05) is 32.8 Å². The van der Waals surface area contributed by atoms with Gasteiger partial charge in [0.1, 0.15) is 12.2 Å². The van der Waals surface area contributed by atoms with Gasteiger partial charge in [0.05, 0.1) is 6.61 Å². The number of aromatic nitrogens is 3. The fourth-order valence-corrected chi connectivity index (χ4v) is 3.30. The van der Waals surface area contributed by atoms with Crippen LogP contribution < -0.4 is 10.6 Å². The second kappa shape index (κ2) is 11.4. The van der Waals surface area contributed by atoms with Crippen LogP contribution >= 0.6 is 0 Å². The van der Waals surface area contributed by atoms with E-state index in [-0.39, 0.29) is 0 Å². The van der Waals surface area contributed by atoms with E-state index in [1.54, 1.807) is 6.33 Å². The van der Waals surface area contributed by atoms with Gasteiger partial charge in [-0.2, -0.15) is 0 Å². The molecule has 2 aromatic rings. The molecule has 0 radical (unpaired) electrons. The highest BCUT2D eigenvalue weighted by atomic mass is 16.5. The second-order valence-electron chi connectivity index (χ2n) is 7.16. The second-order valence-corrected chi connectivity index (χ2v) is 7.16. The van der Waals surface area contributed by atoms with E-state index in [1.807, 2.05) is 0 Å². The zero-order valence-corrected chi connectivity index (χ0v) is 16.8. The summed E-state index contributed by atoms with van der Waals surface area (Å²) in [6.07, 6.45) is 5.92. The molecule has 0 spiro atoms. The van der Waals surface area contributed by atoms with E-state index in [4.69, 9.17) is 9.73 Å². The third-order valence-electron chi connectivity index (χ3n) is 4.97. The molecular weight excluding hydrogens is 352 g/mol. The van der Waals surface area contributed by atoms with Crippen molar-refractivity contribution >= 4 is 5.96 Å². The molecule has 1 aliphatic heterocycles. The first-order valence-corrected chi connectivity index (χ1v) is 10.4. The van der Waals surface area contributed by atoms with Gasteiger partial charge in [-0.15, -0.1) is 10.2 Å². The van der Waals surface area contributed by atoms with Crippen molar-refractivity contribution in [2.24, 2.45) is 10.9 Å². The highest BCUT2D eigenvalue weighted by Gasteiger charge is 2.15. The predicted octanol–water partition coefficient (Wildman–Crippen LogP) is 2.05. The van der Waals surface area contributed by atoms with Crippen molar-refractivity contribution in [3.05, 3.63) is 48.0 Å². The number of nitrogens with one attached hydrogen (secondary N) is 2. The zero-order chi connectivity index (χ0) is 19.4. The Hall–Kier alpha value is -2.41. The largest absolute Gasteiger partial charge is 0.381 e. The van der Waals surface area contributed by atoms with Gasteiger partial charge in [0.15, 0.2) is 5.96 Å².